The van der Waals surface area contributed by atoms with Crippen LogP contribution in [-0.2, 0) is 11.2 Å². The van der Waals surface area contributed by atoms with Crippen molar-refractivity contribution in [3.8, 4) is 0 Å². The lowest BCUT2D eigenvalue weighted by atomic mass is 10.3. The molecule has 0 saturated heterocycles. The summed E-state index contributed by atoms with van der Waals surface area (Å²) in [5.74, 6) is 0.0114. The zero-order chi connectivity index (χ0) is 15.2. The van der Waals surface area contributed by atoms with Gasteiger partial charge < -0.3 is 10.5 Å². The fourth-order valence-electron chi connectivity index (χ4n) is 2.18. The van der Waals surface area contributed by atoms with E-state index in [0.29, 0.717) is 25.0 Å². The van der Waals surface area contributed by atoms with Gasteiger partial charge in [-0.1, -0.05) is 37.3 Å². The average molecular weight is 307 g/mol. The lowest BCUT2D eigenvalue weighted by Gasteiger charge is -2.16. The predicted octanol–water partition coefficient (Wildman–Crippen LogP) is 1.54. The first-order valence-corrected chi connectivity index (χ1v) is 8.06. The summed E-state index contributed by atoms with van der Waals surface area (Å²) in [4.78, 5) is 13.8. The first kappa shape index (κ1) is 15.7. The summed E-state index contributed by atoms with van der Waals surface area (Å²) >= 11 is 1.49. The molecule has 0 atom stereocenters. The summed E-state index contributed by atoms with van der Waals surface area (Å²) in [6.45, 7) is 6.70. The third-order valence-electron chi connectivity index (χ3n) is 3.46. The first-order valence-electron chi connectivity index (χ1n) is 7.24. The van der Waals surface area contributed by atoms with Gasteiger partial charge in [0.1, 0.15) is 4.70 Å². The number of para-hydroxylation sites is 1. The molecule has 114 valence electrons. The number of amides is 1. The van der Waals surface area contributed by atoms with E-state index in [0.717, 1.165) is 27.5 Å². The predicted molar refractivity (Wildman–Crippen MR) is 85.3 cm³/mol. The minimum Gasteiger partial charge on any atom is -0.617 e. The maximum Gasteiger partial charge on any atom is 0.251 e. The Morgan fingerprint density at radius 3 is 2.71 bits per heavy atom. The molecule has 1 aromatic heterocycles. The fourth-order valence-corrected chi connectivity index (χ4v) is 3.22. The molecular formula is C15H21N3O2S. The van der Waals surface area contributed by atoms with Gasteiger partial charge in [0.15, 0.2) is 0 Å². The van der Waals surface area contributed by atoms with Crippen LogP contribution in [-0.4, -0.2) is 37.0 Å². The molecule has 1 N–H and O–H groups in total. The normalized spacial score (nSPS) is 11.2. The van der Waals surface area contributed by atoms with Gasteiger partial charge in [-0.25, -0.2) is 0 Å². The molecule has 5 nitrogen and oxygen atoms in total. The van der Waals surface area contributed by atoms with E-state index in [2.05, 4.69) is 10.2 Å². The molecule has 0 unspecified atom stereocenters. The number of hydrogen-bond acceptors (Lipinski definition) is 4. The molecule has 6 heteroatoms. The Balaban J connectivity index is 1.88. The van der Waals surface area contributed by atoms with Gasteiger partial charge in [-0.2, -0.15) is 4.73 Å². The number of thiazole rings is 1. The molecule has 0 aliphatic rings. The molecule has 0 spiro atoms. The number of fused-ring (bicyclic) bond motifs is 1. The Morgan fingerprint density at radius 2 is 2.05 bits per heavy atom. The smallest absolute Gasteiger partial charge is 0.251 e. The molecule has 0 saturated carbocycles. The molecule has 0 radical (unpaired) electrons. The van der Waals surface area contributed by atoms with Crippen LogP contribution in [0.25, 0.3) is 10.2 Å². The standard InChI is InChI=1S/C15H21N3O2S/c1-3-17(4-2)11-14(19)16-10-9-15-18(20)12-7-5-6-8-13(12)21-15/h5-8H,3-4,9-11H2,1-2H3,(H,16,19). The highest BCUT2D eigenvalue weighted by atomic mass is 32.1. The summed E-state index contributed by atoms with van der Waals surface area (Å²) in [5, 5.41) is 15.7. The van der Waals surface area contributed by atoms with Gasteiger partial charge in [-0.3, -0.25) is 9.69 Å². The highest BCUT2D eigenvalue weighted by molar-refractivity contribution is 7.18. The van der Waals surface area contributed by atoms with Crippen LogP contribution in [0.4, 0.5) is 0 Å². The Bertz CT molecular complexity index is 608. The van der Waals surface area contributed by atoms with Crippen molar-refractivity contribution in [2.24, 2.45) is 0 Å². The van der Waals surface area contributed by atoms with E-state index in [1.165, 1.54) is 11.3 Å². The van der Waals surface area contributed by atoms with E-state index < -0.39 is 0 Å². The van der Waals surface area contributed by atoms with E-state index in [1.54, 1.807) is 0 Å². The SMILES string of the molecule is CCN(CC)CC(=O)NCCc1sc2ccccc2[n+]1[O-]. The lowest BCUT2D eigenvalue weighted by molar-refractivity contribution is -0.580. The number of nitrogens with zero attached hydrogens (tertiary/aromatic N) is 2. The monoisotopic (exact) mass is 307 g/mol. The number of nitrogens with one attached hydrogen (secondary N) is 1. The van der Waals surface area contributed by atoms with Crippen LogP contribution < -0.4 is 10.0 Å². The number of rotatable bonds is 7. The molecule has 21 heavy (non-hydrogen) atoms. The Hall–Kier alpha value is -1.66. The van der Waals surface area contributed by atoms with Crippen molar-refractivity contribution < 1.29 is 9.52 Å². The number of aromatic nitrogens is 1. The maximum absolute atomic E-state index is 12.1. The van der Waals surface area contributed by atoms with Gasteiger partial charge >= 0.3 is 0 Å². The molecule has 1 amide bonds. The molecular weight excluding hydrogens is 286 g/mol. The molecule has 0 aliphatic carbocycles. The Morgan fingerprint density at radius 1 is 1.33 bits per heavy atom. The average Bonchev–Trinajstić information content (AvgIpc) is 2.82. The van der Waals surface area contributed by atoms with Gasteiger partial charge in [0, 0.05) is 12.6 Å². The lowest BCUT2D eigenvalue weighted by Crippen LogP contribution is -2.38. The van der Waals surface area contributed by atoms with E-state index in [4.69, 9.17) is 0 Å². The van der Waals surface area contributed by atoms with Crippen LogP contribution >= 0.6 is 11.3 Å². The summed E-state index contributed by atoms with van der Waals surface area (Å²) in [7, 11) is 0. The minimum atomic E-state index is 0.0114. The number of benzene rings is 1. The van der Waals surface area contributed by atoms with Crippen LogP contribution in [0.15, 0.2) is 24.3 Å². The van der Waals surface area contributed by atoms with E-state index in [1.807, 2.05) is 38.1 Å². The quantitative estimate of drug-likeness (QED) is 0.623. The second-order valence-electron chi connectivity index (χ2n) is 4.82. The van der Waals surface area contributed by atoms with Crippen molar-refractivity contribution in [3.63, 3.8) is 0 Å². The number of carbonyl (C=O) groups is 1. The second kappa shape index (κ2) is 7.38. The third kappa shape index (κ3) is 3.92. The van der Waals surface area contributed by atoms with Gasteiger partial charge in [0.2, 0.25) is 11.4 Å². The van der Waals surface area contributed by atoms with Gasteiger partial charge in [0.05, 0.1) is 13.0 Å². The van der Waals surface area contributed by atoms with Crippen LogP contribution in [0.5, 0.6) is 0 Å². The van der Waals surface area contributed by atoms with Gasteiger partial charge in [-0.15, -0.1) is 0 Å². The molecule has 0 aliphatic heterocycles. The van der Waals surface area contributed by atoms with Crippen LogP contribution in [0.1, 0.15) is 18.9 Å². The molecule has 0 fully saturated rings. The Labute approximate surface area is 128 Å². The van der Waals surface area contributed by atoms with Crippen molar-refractivity contribution in [3.05, 3.63) is 34.5 Å². The molecule has 2 aromatic rings. The highest BCUT2D eigenvalue weighted by Crippen LogP contribution is 2.19. The summed E-state index contributed by atoms with van der Waals surface area (Å²) in [6, 6.07) is 7.55. The van der Waals surface area contributed by atoms with E-state index in [-0.39, 0.29) is 5.91 Å². The Kier molecular flexibility index (Phi) is 5.52. The largest absolute Gasteiger partial charge is 0.617 e. The zero-order valence-electron chi connectivity index (χ0n) is 12.5. The summed E-state index contributed by atoms with van der Waals surface area (Å²) < 4.78 is 1.95. The third-order valence-corrected chi connectivity index (χ3v) is 4.63. The molecule has 0 bridgehead atoms. The van der Waals surface area contributed by atoms with E-state index in [9.17, 15) is 10.0 Å². The first-order chi connectivity index (χ1) is 10.2. The topological polar surface area (TPSA) is 59.3 Å². The number of carbonyl (C=O) groups excluding carboxylic acids is 1. The van der Waals surface area contributed by atoms with Gasteiger partial charge in [0.25, 0.3) is 5.01 Å². The van der Waals surface area contributed by atoms with Crippen LogP contribution in [0, 0.1) is 5.21 Å². The summed E-state index contributed by atoms with van der Waals surface area (Å²) in [6.07, 6.45) is 0.562. The fraction of sp³-hybridized carbons (Fsp3) is 0.467. The van der Waals surface area contributed by atoms with Gasteiger partial charge in [-0.05, 0) is 19.2 Å². The number of hydrogen-bond donors (Lipinski definition) is 1. The van der Waals surface area contributed by atoms with Crippen molar-refractivity contribution in [2.45, 2.75) is 20.3 Å². The minimum absolute atomic E-state index is 0.0114. The summed E-state index contributed by atoms with van der Waals surface area (Å²) in [5.41, 5.74) is 0.701. The molecule has 1 heterocycles. The van der Waals surface area contributed by atoms with Crippen LogP contribution in [0.2, 0.25) is 0 Å². The van der Waals surface area contributed by atoms with E-state index >= 15 is 0 Å². The molecule has 1 aromatic carbocycles. The zero-order valence-corrected chi connectivity index (χ0v) is 13.3. The van der Waals surface area contributed by atoms with Crippen molar-refractivity contribution in [1.29, 1.82) is 0 Å². The van der Waals surface area contributed by atoms with Crippen molar-refractivity contribution >= 4 is 27.5 Å². The van der Waals surface area contributed by atoms with Crippen LogP contribution in [0.3, 0.4) is 0 Å². The number of likely N-dealkylation sites (N-methyl/N-ethyl adjacent to an activating group) is 1. The molecule has 2 rings (SSSR count). The van der Waals surface area contributed by atoms with Crippen molar-refractivity contribution in [2.75, 3.05) is 26.2 Å². The van der Waals surface area contributed by atoms with Crippen molar-refractivity contribution in [1.82, 2.24) is 10.2 Å². The second-order valence-corrected chi connectivity index (χ2v) is 5.93. The maximum atomic E-state index is 12.1. The highest BCUT2D eigenvalue weighted by Gasteiger charge is 2.15.